The zero-order valence-electron chi connectivity index (χ0n) is 10.8. The first-order valence-electron chi connectivity index (χ1n) is 5.65. The third-order valence-electron chi connectivity index (χ3n) is 2.28. The number of likely N-dealkylation sites (N-methyl/N-ethyl adjacent to an activating group) is 1. The summed E-state index contributed by atoms with van der Waals surface area (Å²) in [4.78, 5) is 13.1. The second kappa shape index (κ2) is 6.45. The number of nitrogens with zero attached hydrogens (tertiary/aromatic N) is 2. The molecule has 18 heavy (non-hydrogen) atoms. The molecule has 0 fully saturated rings. The van der Waals surface area contributed by atoms with Crippen LogP contribution in [0, 0.1) is 11.3 Å². The number of rotatable bonds is 4. The maximum Gasteiger partial charge on any atom is 0.264 e. The predicted molar refractivity (Wildman–Crippen MR) is 69.9 cm³/mol. The van der Waals surface area contributed by atoms with Crippen LogP contribution in [-0.4, -0.2) is 31.5 Å². The van der Waals surface area contributed by atoms with E-state index in [1.165, 1.54) is 4.90 Å². The van der Waals surface area contributed by atoms with E-state index in [9.17, 15) is 4.79 Å². The van der Waals surface area contributed by atoms with Crippen molar-refractivity contribution in [2.75, 3.05) is 20.7 Å². The van der Waals surface area contributed by atoms with E-state index in [2.05, 4.69) is 0 Å². The van der Waals surface area contributed by atoms with E-state index in [1.807, 2.05) is 37.3 Å². The number of para-hydroxylation sites is 1. The molecule has 0 heterocycles. The Morgan fingerprint density at radius 2 is 2.11 bits per heavy atom. The van der Waals surface area contributed by atoms with Crippen LogP contribution in [0.25, 0.3) is 6.08 Å². The molecule has 0 aromatic heterocycles. The number of amides is 1. The average molecular weight is 244 g/mol. The van der Waals surface area contributed by atoms with E-state index >= 15 is 0 Å². The Bertz CT molecular complexity index is 499. The Kier molecular flexibility index (Phi) is 4.94. The van der Waals surface area contributed by atoms with Gasteiger partial charge in [0.2, 0.25) is 0 Å². The summed E-state index contributed by atoms with van der Waals surface area (Å²) in [5.74, 6) is 0.350. The number of carbonyl (C=O) groups is 1. The zero-order chi connectivity index (χ0) is 13.5. The maximum absolute atomic E-state index is 11.7. The Labute approximate surface area is 107 Å². The second-order valence-electron chi connectivity index (χ2n) is 3.84. The number of carbonyl (C=O) groups excluding carboxylic acids is 1. The van der Waals surface area contributed by atoms with Crippen molar-refractivity contribution in [3.05, 3.63) is 35.4 Å². The summed E-state index contributed by atoms with van der Waals surface area (Å²) in [6.45, 7) is 2.42. The first-order chi connectivity index (χ1) is 8.60. The number of benzene rings is 1. The standard InChI is InChI=1S/C14H16N2O2/c1-4-18-13-8-6-5-7-11(13)9-12(10-15)14(17)16(2)3/h5-9H,4H2,1-3H3/b12-9+. The van der Waals surface area contributed by atoms with Gasteiger partial charge in [0.1, 0.15) is 17.4 Å². The SMILES string of the molecule is CCOc1ccccc1/C=C(\C#N)C(=O)N(C)C. The molecule has 0 aliphatic carbocycles. The largest absolute Gasteiger partial charge is 0.493 e. The highest BCUT2D eigenvalue weighted by Crippen LogP contribution is 2.21. The summed E-state index contributed by atoms with van der Waals surface area (Å²) in [7, 11) is 3.23. The molecule has 0 spiro atoms. The van der Waals surface area contributed by atoms with Crippen LogP contribution >= 0.6 is 0 Å². The highest BCUT2D eigenvalue weighted by atomic mass is 16.5. The molecule has 0 saturated heterocycles. The van der Waals surface area contributed by atoms with Crippen LogP contribution < -0.4 is 4.74 Å². The van der Waals surface area contributed by atoms with Crippen molar-refractivity contribution in [2.45, 2.75) is 6.92 Å². The Balaban J connectivity index is 3.14. The van der Waals surface area contributed by atoms with Crippen molar-refractivity contribution >= 4 is 12.0 Å². The molecular formula is C14H16N2O2. The molecule has 0 saturated carbocycles. The van der Waals surface area contributed by atoms with Crippen LogP contribution in [-0.2, 0) is 4.79 Å². The molecule has 4 nitrogen and oxygen atoms in total. The lowest BCUT2D eigenvalue weighted by Crippen LogP contribution is -2.22. The van der Waals surface area contributed by atoms with Crippen LogP contribution in [0.3, 0.4) is 0 Å². The van der Waals surface area contributed by atoms with Crippen LogP contribution in [0.2, 0.25) is 0 Å². The first kappa shape index (κ1) is 13.8. The van der Waals surface area contributed by atoms with Crippen molar-refractivity contribution < 1.29 is 9.53 Å². The quantitative estimate of drug-likeness (QED) is 0.602. The van der Waals surface area contributed by atoms with Crippen LogP contribution in [0.15, 0.2) is 29.8 Å². The van der Waals surface area contributed by atoms with Crippen molar-refractivity contribution in [2.24, 2.45) is 0 Å². The van der Waals surface area contributed by atoms with Gasteiger partial charge in [-0.15, -0.1) is 0 Å². The van der Waals surface area contributed by atoms with Gasteiger partial charge >= 0.3 is 0 Å². The van der Waals surface area contributed by atoms with Crippen LogP contribution in [0.5, 0.6) is 5.75 Å². The third kappa shape index (κ3) is 3.36. The molecule has 4 heteroatoms. The van der Waals surface area contributed by atoms with E-state index in [-0.39, 0.29) is 11.5 Å². The molecule has 1 aromatic rings. The van der Waals surface area contributed by atoms with Gasteiger partial charge in [0.25, 0.3) is 5.91 Å². The molecular weight excluding hydrogens is 228 g/mol. The van der Waals surface area contributed by atoms with Gasteiger partial charge in [0, 0.05) is 19.7 Å². The Hall–Kier alpha value is -2.28. The van der Waals surface area contributed by atoms with Gasteiger partial charge in [-0.05, 0) is 19.1 Å². The molecule has 0 aliphatic heterocycles. The molecule has 0 bridgehead atoms. The first-order valence-corrected chi connectivity index (χ1v) is 5.65. The summed E-state index contributed by atoms with van der Waals surface area (Å²) in [6, 6.07) is 9.22. The van der Waals surface area contributed by atoms with Gasteiger partial charge in [0.05, 0.1) is 6.61 Å². The normalized spacial score (nSPS) is 10.7. The van der Waals surface area contributed by atoms with E-state index in [1.54, 1.807) is 20.2 Å². The molecule has 94 valence electrons. The summed E-state index contributed by atoms with van der Waals surface area (Å²) in [5, 5.41) is 9.02. The fourth-order valence-electron chi connectivity index (χ4n) is 1.42. The van der Waals surface area contributed by atoms with E-state index < -0.39 is 0 Å². The molecule has 0 aliphatic rings. The van der Waals surface area contributed by atoms with Crippen molar-refractivity contribution in [3.63, 3.8) is 0 Å². The molecule has 1 rings (SSSR count). The maximum atomic E-state index is 11.7. The van der Waals surface area contributed by atoms with Crippen molar-refractivity contribution in [3.8, 4) is 11.8 Å². The highest BCUT2D eigenvalue weighted by Gasteiger charge is 2.12. The van der Waals surface area contributed by atoms with Crippen molar-refractivity contribution in [1.82, 2.24) is 4.90 Å². The number of ether oxygens (including phenoxy) is 1. The van der Waals surface area contributed by atoms with Gasteiger partial charge in [-0.25, -0.2) is 0 Å². The van der Waals surface area contributed by atoms with Crippen LogP contribution in [0.4, 0.5) is 0 Å². The third-order valence-corrected chi connectivity index (χ3v) is 2.28. The molecule has 0 radical (unpaired) electrons. The zero-order valence-corrected chi connectivity index (χ0v) is 10.8. The summed E-state index contributed by atoms with van der Waals surface area (Å²) < 4.78 is 5.44. The number of hydrogen-bond acceptors (Lipinski definition) is 3. The summed E-state index contributed by atoms with van der Waals surface area (Å²) >= 11 is 0. The summed E-state index contributed by atoms with van der Waals surface area (Å²) in [6.07, 6.45) is 1.55. The lowest BCUT2D eigenvalue weighted by molar-refractivity contribution is -0.124. The fourth-order valence-corrected chi connectivity index (χ4v) is 1.42. The monoisotopic (exact) mass is 244 g/mol. The van der Waals surface area contributed by atoms with E-state index in [0.717, 1.165) is 5.56 Å². The smallest absolute Gasteiger partial charge is 0.264 e. The Morgan fingerprint density at radius 3 is 2.67 bits per heavy atom. The molecule has 1 amide bonds. The van der Waals surface area contributed by atoms with E-state index in [4.69, 9.17) is 10.00 Å². The van der Waals surface area contributed by atoms with E-state index in [0.29, 0.717) is 12.4 Å². The number of nitriles is 1. The molecule has 1 aromatic carbocycles. The lowest BCUT2D eigenvalue weighted by Gasteiger charge is -2.10. The van der Waals surface area contributed by atoms with Gasteiger partial charge in [0.15, 0.2) is 0 Å². The minimum Gasteiger partial charge on any atom is -0.493 e. The van der Waals surface area contributed by atoms with Gasteiger partial charge in [-0.3, -0.25) is 4.79 Å². The average Bonchev–Trinajstić information content (AvgIpc) is 2.37. The lowest BCUT2D eigenvalue weighted by atomic mass is 10.1. The predicted octanol–water partition coefficient (Wildman–Crippen LogP) is 2.08. The topological polar surface area (TPSA) is 53.3 Å². The minimum atomic E-state index is -0.316. The van der Waals surface area contributed by atoms with Crippen LogP contribution in [0.1, 0.15) is 12.5 Å². The molecule has 0 unspecified atom stereocenters. The van der Waals surface area contributed by atoms with Crippen molar-refractivity contribution in [1.29, 1.82) is 5.26 Å². The molecule has 0 atom stereocenters. The minimum absolute atomic E-state index is 0.0900. The molecule has 0 N–H and O–H groups in total. The summed E-state index contributed by atoms with van der Waals surface area (Å²) in [5.41, 5.74) is 0.818. The van der Waals surface area contributed by atoms with Gasteiger partial charge in [-0.2, -0.15) is 5.26 Å². The van der Waals surface area contributed by atoms with Gasteiger partial charge in [-0.1, -0.05) is 18.2 Å². The number of hydrogen-bond donors (Lipinski definition) is 0. The second-order valence-corrected chi connectivity index (χ2v) is 3.84. The Morgan fingerprint density at radius 1 is 1.44 bits per heavy atom. The highest BCUT2D eigenvalue weighted by molar-refractivity contribution is 6.01. The van der Waals surface area contributed by atoms with Gasteiger partial charge < -0.3 is 9.64 Å². The fraction of sp³-hybridized carbons (Fsp3) is 0.286.